The molecule has 3 aliphatic rings. The second-order valence-corrected chi connectivity index (χ2v) is 12.3. The number of nitrogen functional groups attached to an aromatic ring is 1. The van der Waals surface area contributed by atoms with E-state index in [1.54, 1.807) is 0 Å². The summed E-state index contributed by atoms with van der Waals surface area (Å²) in [6.45, 7) is -0.200. The number of carbonyl (C=O) groups excluding carboxylic acids is 2. The summed E-state index contributed by atoms with van der Waals surface area (Å²) in [4.78, 5) is 46.1. The van der Waals surface area contributed by atoms with E-state index in [1.165, 1.54) is 6.33 Å². The summed E-state index contributed by atoms with van der Waals surface area (Å²) in [7, 11) is 0. The molecule has 2 heterocycles. The largest absolute Gasteiger partial charge is 0.508 e. The van der Waals surface area contributed by atoms with Crippen molar-refractivity contribution in [2.75, 3.05) is 25.6 Å². The lowest BCUT2D eigenvalue weighted by Crippen LogP contribution is -2.33. The fraction of sp³-hybridized carbons (Fsp3) is 0.237. The van der Waals surface area contributed by atoms with E-state index >= 15 is 0 Å². The van der Waals surface area contributed by atoms with Crippen molar-refractivity contribution >= 4 is 18.3 Å². The standard InChI is InChI=1S/C38H32N4O8/c39-35-40-21-42(36(43)41-35)34-17-32(50-38(45)47-19-31-28-15-7-3-11-24(28)25-12-4-8-16-29(25)31)33(49-34)20-48-37(44)46-18-30-26-13-5-1-9-22(26)23-10-2-6-14-27(23)30/h1-16,21,30-34H,17-20H2,(H2,39,41,43). The number of benzene rings is 4. The zero-order valence-electron chi connectivity index (χ0n) is 26.7. The molecule has 3 unspecified atom stereocenters. The average Bonchev–Trinajstić information content (AvgIpc) is 3.79. The molecule has 8 rings (SSSR count). The van der Waals surface area contributed by atoms with Crippen LogP contribution < -0.4 is 11.4 Å². The van der Waals surface area contributed by atoms with E-state index in [1.807, 2.05) is 84.9 Å². The second-order valence-electron chi connectivity index (χ2n) is 12.3. The zero-order chi connectivity index (χ0) is 34.2. The molecule has 0 saturated carbocycles. The van der Waals surface area contributed by atoms with Gasteiger partial charge in [0.25, 0.3) is 0 Å². The molecule has 4 aromatic carbocycles. The highest BCUT2D eigenvalue weighted by Crippen LogP contribution is 2.46. The molecule has 0 radical (unpaired) electrons. The Morgan fingerprint density at radius 2 is 1.16 bits per heavy atom. The summed E-state index contributed by atoms with van der Waals surface area (Å²) in [6, 6.07) is 32.0. The molecule has 1 aliphatic heterocycles. The molecule has 5 aromatic rings. The fourth-order valence-electron chi connectivity index (χ4n) is 7.23. The van der Waals surface area contributed by atoms with Gasteiger partial charge in [-0.1, -0.05) is 97.1 Å². The van der Waals surface area contributed by atoms with Crippen LogP contribution >= 0.6 is 0 Å². The van der Waals surface area contributed by atoms with Crippen LogP contribution in [-0.2, 0) is 23.7 Å². The summed E-state index contributed by atoms with van der Waals surface area (Å²) in [5.74, 6) is -0.504. The van der Waals surface area contributed by atoms with Gasteiger partial charge in [0.05, 0.1) is 0 Å². The molecule has 0 spiro atoms. The number of nitrogens with zero attached hydrogens (tertiary/aromatic N) is 3. The lowest BCUT2D eigenvalue weighted by Gasteiger charge is -2.20. The first-order chi connectivity index (χ1) is 24.4. The Labute approximate surface area is 286 Å². The van der Waals surface area contributed by atoms with Crippen molar-refractivity contribution in [2.24, 2.45) is 0 Å². The average molecular weight is 673 g/mol. The zero-order valence-corrected chi connectivity index (χ0v) is 26.7. The highest BCUT2D eigenvalue weighted by atomic mass is 16.7. The number of rotatable bonds is 8. The summed E-state index contributed by atoms with van der Waals surface area (Å²) in [5.41, 5.74) is 13.5. The van der Waals surface area contributed by atoms with Crippen LogP contribution in [0.2, 0.25) is 0 Å². The van der Waals surface area contributed by atoms with Gasteiger partial charge in [0.15, 0.2) is 0 Å². The van der Waals surface area contributed by atoms with Gasteiger partial charge in [0.1, 0.15) is 44.6 Å². The van der Waals surface area contributed by atoms with Crippen molar-refractivity contribution in [1.29, 1.82) is 0 Å². The van der Waals surface area contributed by atoms with Crippen molar-refractivity contribution in [3.05, 3.63) is 136 Å². The number of fused-ring (bicyclic) bond motifs is 6. The number of hydrogen-bond donors (Lipinski definition) is 1. The molecule has 12 heteroatoms. The SMILES string of the molecule is Nc1ncn(C2CC(OC(=O)OCC3c4ccccc4-c4ccccc43)C(COC(=O)OCC3c4ccccc4-c4ccccc43)O2)c(=O)n1. The number of nitrogens with two attached hydrogens (primary N) is 1. The van der Waals surface area contributed by atoms with Crippen LogP contribution in [0.15, 0.2) is 108 Å². The van der Waals surface area contributed by atoms with Gasteiger partial charge < -0.3 is 29.4 Å². The van der Waals surface area contributed by atoms with E-state index < -0.39 is 36.4 Å². The fourth-order valence-corrected chi connectivity index (χ4v) is 7.23. The minimum atomic E-state index is -0.953. The van der Waals surface area contributed by atoms with Crippen molar-refractivity contribution < 1.29 is 33.3 Å². The first-order valence-corrected chi connectivity index (χ1v) is 16.3. The lowest BCUT2D eigenvalue weighted by atomic mass is 9.98. The van der Waals surface area contributed by atoms with Gasteiger partial charge in [-0.05, 0) is 44.5 Å². The summed E-state index contributed by atoms with van der Waals surface area (Å²) >= 11 is 0. The predicted octanol–water partition coefficient (Wildman–Crippen LogP) is 5.81. The van der Waals surface area contributed by atoms with Gasteiger partial charge in [0, 0.05) is 18.3 Å². The van der Waals surface area contributed by atoms with Crippen LogP contribution in [0.4, 0.5) is 15.5 Å². The molecule has 0 bridgehead atoms. The van der Waals surface area contributed by atoms with Crippen LogP contribution in [0.3, 0.4) is 0 Å². The number of carbonyl (C=O) groups is 2. The minimum Gasteiger partial charge on any atom is -0.433 e. The van der Waals surface area contributed by atoms with Crippen molar-refractivity contribution in [2.45, 2.75) is 36.7 Å². The maximum absolute atomic E-state index is 13.1. The smallest absolute Gasteiger partial charge is 0.433 e. The van der Waals surface area contributed by atoms with E-state index in [-0.39, 0.29) is 44.0 Å². The maximum atomic E-state index is 13.1. The monoisotopic (exact) mass is 672 g/mol. The molecule has 252 valence electrons. The second kappa shape index (κ2) is 13.1. The van der Waals surface area contributed by atoms with Crippen molar-refractivity contribution in [1.82, 2.24) is 14.5 Å². The molecule has 0 amide bonds. The Morgan fingerprint density at radius 3 is 1.66 bits per heavy atom. The Kier molecular flexibility index (Phi) is 8.21. The normalized spacial score (nSPS) is 18.8. The molecule has 2 N–H and O–H groups in total. The topological polar surface area (TPSA) is 154 Å². The van der Waals surface area contributed by atoms with Crippen LogP contribution in [-0.4, -0.2) is 58.9 Å². The van der Waals surface area contributed by atoms with Crippen LogP contribution in [0.1, 0.15) is 46.7 Å². The molecule has 3 atom stereocenters. The number of ether oxygens (including phenoxy) is 5. The first kappa shape index (κ1) is 31.3. The Balaban J connectivity index is 0.930. The molecular formula is C38H32N4O8. The van der Waals surface area contributed by atoms with Crippen LogP contribution in [0.25, 0.3) is 22.3 Å². The quantitative estimate of drug-likeness (QED) is 0.199. The third-order valence-electron chi connectivity index (χ3n) is 9.51. The molecular weight excluding hydrogens is 640 g/mol. The van der Waals surface area contributed by atoms with Gasteiger partial charge in [-0.25, -0.2) is 19.4 Å². The van der Waals surface area contributed by atoms with E-state index in [9.17, 15) is 14.4 Å². The maximum Gasteiger partial charge on any atom is 0.508 e. The minimum absolute atomic E-state index is 0.0378. The summed E-state index contributed by atoms with van der Waals surface area (Å²) in [6.07, 6.45) is -3.41. The lowest BCUT2D eigenvalue weighted by molar-refractivity contribution is -0.0680. The molecule has 50 heavy (non-hydrogen) atoms. The number of anilines is 1. The van der Waals surface area contributed by atoms with E-state index in [0.29, 0.717) is 0 Å². The van der Waals surface area contributed by atoms with E-state index in [0.717, 1.165) is 49.1 Å². The highest BCUT2D eigenvalue weighted by molar-refractivity contribution is 5.80. The van der Waals surface area contributed by atoms with Gasteiger partial charge in [-0.2, -0.15) is 4.98 Å². The van der Waals surface area contributed by atoms with E-state index in [4.69, 9.17) is 29.4 Å². The van der Waals surface area contributed by atoms with E-state index in [2.05, 4.69) is 22.1 Å². The Hall–Kier alpha value is -6.01. The molecule has 2 aliphatic carbocycles. The number of hydrogen-bond acceptors (Lipinski definition) is 11. The van der Waals surface area contributed by atoms with Gasteiger partial charge in [-0.15, -0.1) is 0 Å². The predicted molar refractivity (Wildman–Crippen MR) is 180 cm³/mol. The summed E-state index contributed by atoms with van der Waals surface area (Å²) < 4.78 is 29.6. The molecule has 1 fully saturated rings. The summed E-state index contributed by atoms with van der Waals surface area (Å²) in [5, 5.41) is 0. The Morgan fingerprint density at radius 1 is 0.700 bits per heavy atom. The molecule has 12 nitrogen and oxygen atoms in total. The highest BCUT2D eigenvalue weighted by Gasteiger charge is 2.41. The third kappa shape index (κ3) is 5.83. The van der Waals surface area contributed by atoms with Gasteiger partial charge in [-0.3, -0.25) is 4.57 Å². The first-order valence-electron chi connectivity index (χ1n) is 16.3. The van der Waals surface area contributed by atoms with Crippen molar-refractivity contribution in [3.8, 4) is 22.3 Å². The van der Waals surface area contributed by atoms with Crippen molar-refractivity contribution in [3.63, 3.8) is 0 Å². The van der Waals surface area contributed by atoms with Crippen LogP contribution in [0.5, 0.6) is 0 Å². The van der Waals surface area contributed by atoms with Gasteiger partial charge >= 0.3 is 18.0 Å². The Bertz CT molecular complexity index is 2060. The molecule has 1 aromatic heterocycles. The van der Waals surface area contributed by atoms with Gasteiger partial charge in [0.2, 0.25) is 5.95 Å². The third-order valence-corrected chi connectivity index (χ3v) is 9.51. The van der Waals surface area contributed by atoms with Crippen LogP contribution in [0, 0.1) is 0 Å². The molecule has 1 saturated heterocycles. The number of aromatic nitrogens is 3.